The lowest BCUT2D eigenvalue weighted by atomic mass is 10.00. The molecule has 1 unspecified atom stereocenters. The van der Waals surface area contributed by atoms with E-state index in [1.54, 1.807) is 0 Å². The lowest BCUT2D eigenvalue weighted by Gasteiger charge is -2.13. The zero-order valence-electron chi connectivity index (χ0n) is 30.7. The maximum Gasteiger partial charge on any atom is 0.308 e. The normalized spacial score (nSPS) is 12.0. The third kappa shape index (κ3) is 35.9. The molecule has 0 aromatic rings. The van der Waals surface area contributed by atoms with Crippen molar-refractivity contribution < 1.29 is 57.0 Å². The largest absolute Gasteiger partial charge is 0.463 e. The maximum atomic E-state index is 12.0. The summed E-state index contributed by atoms with van der Waals surface area (Å²) >= 11 is 0. The van der Waals surface area contributed by atoms with E-state index >= 15 is 0 Å². The van der Waals surface area contributed by atoms with Gasteiger partial charge in [0.15, 0.2) is 0 Å². The molecule has 0 aliphatic carbocycles. The van der Waals surface area contributed by atoms with Gasteiger partial charge in [0.05, 0.1) is 112 Å². The molecule has 0 aliphatic heterocycles. The Hall–Kier alpha value is -1.38. The highest BCUT2D eigenvalue weighted by atomic mass is 16.6. The molecule has 0 fully saturated rings. The van der Waals surface area contributed by atoms with Crippen molar-refractivity contribution in [3.8, 4) is 0 Å². The predicted molar refractivity (Wildman–Crippen MR) is 184 cm³/mol. The third-order valence-electron chi connectivity index (χ3n) is 7.28. The highest BCUT2D eigenvalue weighted by Gasteiger charge is 2.17. The maximum absolute atomic E-state index is 12.0. The number of carbonyl (C=O) groups is 2. The number of hydrogen-bond donors (Lipinski definition) is 0. The molecule has 0 aliphatic rings. The van der Waals surface area contributed by atoms with Crippen LogP contribution >= 0.6 is 0 Å². The van der Waals surface area contributed by atoms with Crippen LogP contribution in [0, 0.1) is 5.92 Å². The Bertz CT molecular complexity index is 667. The van der Waals surface area contributed by atoms with Gasteiger partial charge in [-0.25, -0.2) is 0 Å². The summed E-state index contributed by atoms with van der Waals surface area (Å²) in [6, 6.07) is 0. The highest BCUT2D eigenvalue weighted by Crippen LogP contribution is 2.14. The number of hydrogen-bond acceptors (Lipinski definition) is 12. The molecule has 0 aromatic carbocycles. The Morgan fingerprint density at radius 2 is 0.729 bits per heavy atom. The summed E-state index contributed by atoms with van der Waals surface area (Å²) < 4.78 is 54.2. The van der Waals surface area contributed by atoms with Gasteiger partial charge in [-0.2, -0.15) is 0 Å². The summed E-state index contributed by atoms with van der Waals surface area (Å²) in [5, 5.41) is 0. The van der Waals surface area contributed by atoms with Crippen LogP contribution in [0.1, 0.15) is 97.8 Å². The van der Waals surface area contributed by atoms with Crippen LogP contribution in [0.25, 0.3) is 0 Å². The fraction of sp³-hybridized carbons (Fsp3) is 0.944. The molecule has 0 radical (unpaired) electrons. The molecule has 0 amide bonds. The van der Waals surface area contributed by atoms with E-state index in [1.165, 1.54) is 32.1 Å². The van der Waals surface area contributed by atoms with Crippen molar-refractivity contribution in [2.75, 3.05) is 119 Å². The molecule has 1 atom stereocenters. The minimum Gasteiger partial charge on any atom is -0.463 e. The second-order valence-corrected chi connectivity index (χ2v) is 11.4. The number of carbonyl (C=O) groups excluding carboxylic acids is 2. The van der Waals surface area contributed by atoms with E-state index in [-0.39, 0.29) is 31.1 Å². The molecular weight excluding hydrogens is 624 g/mol. The lowest BCUT2D eigenvalue weighted by molar-refractivity contribution is -0.150. The summed E-state index contributed by atoms with van der Waals surface area (Å²) in [6.45, 7) is 14.4. The van der Waals surface area contributed by atoms with Gasteiger partial charge in [0.2, 0.25) is 0 Å². The van der Waals surface area contributed by atoms with Crippen molar-refractivity contribution in [1.29, 1.82) is 0 Å². The van der Waals surface area contributed by atoms with Crippen molar-refractivity contribution in [1.82, 2.24) is 0 Å². The molecule has 12 heteroatoms. The summed E-state index contributed by atoms with van der Waals surface area (Å²) in [7, 11) is 0. The highest BCUT2D eigenvalue weighted by molar-refractivity contribution is 5.72. The molecule has 0 aromatic heterocycles. The summed E-state index contributed by atoms with van der Waals surface area (Å²) in [4.78, 5) is 23.7. The molecule has 0 heterocycles. The fourth-order valence-electron chi connectivity index (χ4n) is 4.41. The van der Waals surface area contributed by atoms with E-state index in [0.717, 1.165) is 38.5 Å². The van der Waals surface area contributed by atoms with Crippen molar-refractivity contribution in [2.45, 2.75) is 97.8 Å². The standard InChI is InChI=1S/C36H70O12/c1-4-7-9-10-11-12-13-15-35(37)47-32-30-45-28-26-43-24-22-41-20-18-39-16-17-40-19-21-42-23-25-44-27-29-46-31-33-48-36(38)34(6-3)14-8-5-2/h34H,4-33H2,1-3H3. The zero-order chi connectivity index (χ0) is 35.0. The molecule has 0 rings (SSSR count). The Balaban J connectivity index is 3.19. The van der Waals surface area contributed by atoms with E-state index in [2.05, 4.69) is 13.8 Å². The third-order valence-corrected chi connectivity index (χ3v) is 7.28. The monoisotopic (exact) mass is 694 g/mol. The van der Waals surface area contributed by atoms with Crippen molar-refractivity contribution >= 4 is 11.9 Å². The summed E-state index contributed by atoms with van der Waals surface area (Å²) in [6.07, 6.45) is 12.6. The van der Waals surface area contributed by atoms with Gasteiger partial charge in [-0.05, 0) is 19.3 Å². The number of esters is 2. The summed E-state index contributed by atoms with van der Waals surface area (Å²) in [5.41, 5.74) is 0. The van der Waals surface area contributed by atoms with Crippen LogP contribution in [0.3, 0.4) is 0 Å². The smallest absolute Gasteiger partial charge is 0.308 e. The van der Waals surface area contributed by atoms with Crippen LogP contribution in [0.15, 0.2) is 0 Å². The minimum absolute atomic E-state index is 0.00476. The molecule has 0 N–H and O–H groups in total. The van der Waals surface area contributed by atoms with Gasteiger partial charge in [-0.3, -0.25) is 9.59 Å². The molecule has 286 valence electrons. The first-order valence-corrected chi connectivity index (χ1v) is 18.6. The van der Waals surface area contributed by atoms with Crippen LogP contribution in [-0.4, -0.2) is 131 Å². The SMILES string of the molecule is CCCCCCCCCC(=O)OCCOCCOCCOCCOCCOCCOCCOCCOCCOC(=O)C(CC)CCCC. The van der Waals surface area contributed by atoms with Crippen LogP contribution in [-0.2, 0) is 57.0 Å². The Kier molecular flexibility index (Phi) is 38.9. The van der Waals surface area contributed by atoms with E-state index in [4.69, 9.17) is 47.4 Å². The number of rotatable bonds is 40. The van der Waals surface area contributed by atoms with E-state index in [0.29, 0.717) is 112 Å². The van der Waals surface area contributed by atoms with Crippen LogP contribution in [0.5, 0.6) is 0 Å². The molecule has 0 saturated carbocycles. The van der Waals surface area contributed by atoms with Gasteiger partial charge < -0.3 is 47.4 Å². The van der Waals surface area contributed by atoms with Gasteiger partial charge >= 0.3 is 11.9 Å². The lowest BCUT2D eigenvalue weighted by Crippen LogP contribution is -2.20. The van der Waals surface area contributed by atoms with Gasteiger partial charge in [-0.15, -0.1) is 0 Å². The van der Waals surface area contributed by atoms with Crippen molar-refractivity contribution in [3.05, 3.63) is 0 Å². The first-order valence-electron chi connectivity index (χ1n) is 18.6. The Morgan fingerprint density at radius 1 is 0.396 bits per heavy atom. The Labute approximate surface area is 291 Å². The molecule has 0 bridgehead atoms. The first kappa shape index (κ1) is 46.6. The number of ether oxygens (including phenoxy) is 10. The van der Waals surface area contributed by atoms with Crippen LogP contribution in [0.4, 0.5) is 0 Å². The molecular formula is C36H70O12. The van der Waals surface area contributed by atoms with Gasteiger partial charge in [-0.1, -0.05) is 72.1 Å². The van der Waals surface area contributed by atoms with Crippen LogP contribution < -0.4 is 0 Å². The molecule has 0 saturated heterocycles. The van der Waals surface area contributed by atoms with E-state index < -0.39 is 0 Å². The fourth-order valence-corrected chi connectivity index (χ4v) is 4.41. The minimum atomic E-state index is -0.142. The molecule has 48 heavy (non-hydrogen) atoms. The second kappa shape index (κ2) is 40.1. The van der Waals surface area contributed by atoms with Gasteiger partial charge in [0.25, 0.3) is 0 Å². The van der Waals surface area contributed by atoms with Crippen molar-refractivity contribution in [3.63, 3.8) is 0 Å². The number of unbranched alkanes of at least 4 members (excludes halogenated alkanes) is 7. The first-order chi connectivity index (χ1) is 23.7. The molecule has 12 nitrogen and oxygen atoms in total. The predicted octanol–water partition coefficient (Wildman–Crippen LogP) is 5.56. The Morgan fingerprint density at radius 3 is 1.10 bits per heavy atom. The average Bonchev–Trinajstić information content (AvgIpc) is 3.09. The quantitative estimate of drug-likeness (QED) is 0.0589. The summed E-state index contributed by atoms with van der Waals surface area (Å²) in [5.74, 6) is -0.268. The van der Waals surface area contributed by atoms with Crippen molar-refractivity contribution in [2.24, 2.45) is 5.92 Å². The van der Waals surface area contributed by atoms with E-state index in [9.17, 15) is 9.59 Å². The van der Waals surface area contributed by atoms with Crippen LogP contribution in [0.2, 0.25) is 0 Å². The zero-order valence-corrected chi connectivity index (χ0v) is 30.7. The average molecular weight is 695 g/mol. The van der Waals surface area contributed by atoms with E-state index in [1.807, 2.05) is 6.92 Å². The topological polar surface area (TPSA) is 126 Å². The van der Waals surface area contributed by atoms with Gasteiger partial charge in [0.1, 0.15) is 13.2 Å². The molecule has 0 spiro atoms. The second-order valence-electron chi connectivity index (χ2n) is 11.4. The van der Waals surface area contributed by atoms with Gasteiger partial charge in [0, 0.05) is 6.42 Å².